The maximum Gasteiger partial charge on any atom is 0.348 e. The SMILES string of the molecule is CN(C)CCNCCn1cc([N+](=O)[O-])cnc1=O. The van der Waals surface area contributed by atoms with Gasteiger partial charge in [-0.05, 0) is 14.1 Å². The van der Waals surface area contributed by atoms with Crippen LogP contribution in [-0.2, 0) is 6.54 Å². The fourth-order valence-corrected chi connectivity index (χ4v) is 1.33. The Morgan fingerprint density at radius 3 is 2.83 bits per heavy atom. The highest BCUT2D eigenvalue weighted by Gasteiger charge is 2.08. The number of aromatic nitrogens is 2. The summed E-state index contributed by atoms with van der Waals surface area (Å²) in [6, 6.07) is 0. The zero-order valence-corrected chi connectivity index (χ0v) is 10.5. The third kappa shape index (κ3) is 4.60. The van der Waals surface area contributed by atoms with Gasteiger partial charge in [0.15, 0.2) is 0 Å². The maximum absolute atomic E-state index is 11.4. The Bertz CT molecular complexity index is 457. The lowest BCUT2D eigenvalue weighted by molar-refractivity contribution is -0.385. The molecule has 1 aromatic rings. The molecule has 1 N–H and O–H groups in total. The molecule has 0 saturated carbocycles. The highest BCUT2D eigenvalue weighted by molar-refractivity contribution is 5.20. The molecule has 1 rings (SSSR count). The number of nitrogens with one attached hydrogen (secondary N) is 1. The van der Waals surface area contributed by atoms with Crippen molar-refractivity contribution in [3.05, 3.63) is 33.0 Å². The molecule has 0 aliphatic rings. The quantitative estimate of drug-likeness (QED) is 0.393. The van der Waals surface area contributed by atoms with E-state index in [4.69, 9.17) is 0 Å². The third-order valence-corrected chi connectivity index (χ3v) is 2.32. The molecule has 18 heavy (non-hydrogen) atoms. The molecule has 0 saturated heterocycles. The van der Waals surface area contributed by atoms with E-state index in [2.05, 4.69) is 10.3 Å². The molecular weight excluding hydrogens is 238 g/mol. The van der Waals surface area contributed by atoms with Gasteiger partial charge in [0.25, 0.3) is 0 Å². The van der Waals surface area contributed by atoms with E-state index < -0.39 is 10.6 Å². The first-order chi connectivity index (χ1) is 8.50. The van der Waals surface area contributed by atoms with E-state index in [9.17, 15) is 14.9 Å². The smallest absolute Gasteiger partial charge is 0.314 e. The van der Waals surface area contributed by atoms with Crippen molar-refractivity contribution >= 4 is 5.69 Å². The van der Waals surface area contributed by atoms with Crippen molar-refractivity contribution in [3.8, 4) is 0 Å². The van der Waals surface area contributed by atoms with E-state index in [-0.39, 0.29) is 5.69 Å². The molecule has 8 heteroatoms. The molecule has 1 aromatic heterocycles. The first kappa shape index (κ1) is 14.3. The lowest BCUT2D eigenvalue weighted by Gasteiger charge is -2.10. The van der Waals surface area contributed by atoms with E-state index in [1.165, 1.54) is 10.8 Å². The predicted octanol–water partition coefficient (Wildman–Crippen LogP) is -0.697. The summed E-state index contributed by atoms with van der Waals surface area (Å²) in [7, 11) is 3.94. The Morgan fingerprint density at radius 2 is 2.22 bits per heavy atom. The topological polar surface area (TPSA) is 93.3 Å². The summed E-state index contributed by atoms with van der Waals surface area (Å²) in [5.74, 6) is 0. The molecule has 0 amide bonds. The average molecular weight is 255 g/mol. The number of rotatable bonds is 7. The van der Waals surface area contributed by atoms with Crippen LogP contribution in [-0.4, -0.2) is 53.1 Å². The van der Waals surface area contributed by atoms with Crippen molar-refractivity contribution in [2.24, 2.45) is 0 Å². The normalized spacial score (nSPS) is 10.8. The van der Waals surface area contributed by atoms with Crippen molar-refractivity contribution < 1.29 is 4.92 Å². The minimum Gasteiger partial charge on any atom is -0.314 e. The molecule has 100 valence electrons. The zero-order valence-electron chi connectivity index (χ0n) is 10.5. The molecule has 0 unspecified atom stereocenters. The molecule has 0 aromatic carbocycles. The van der Waals surface area contributed by atoms with Crippen molar-refractivity contribution in [2.45, 2.75) is 6.54 Å². The van der Waals surface area contributed by atoms with Gasteiger partial charge in [-0.1, -0.05) is 0 Å². The Balaban J connectivity index is 2.49. The molecule has 0 aliphatic carbocycles. The van der Waals surface area contributed by atoms with E-state index in [0.29, 0.717) is 13.1 Å². The molecule has 8 nitrogen and oxygen atoms in total. The second kappa shape index (κ2) is 6.82. The monoisotopic (exact) mass is 255 g/mol. The number of nitrogens with zero attached hydrogens (tertiary/aromatic N) is 4. The molecule has 0 spiro atoms. The van der Waals surface area contributed by atoms with Gasteiger partial charge in [0.05, 0.1) is 11.1 Å². The molecule has 0 atom stereocenters. The number of likely N-dealkylation sites (N-methyl/N-ethyl adjacent to an activating group) is 1. The van der Waals surface area contributed by atoms with Gasteiger partial charge in [0.2, 0.25) is 0 Å². The van der Waals surface area contributed by atoms with Crippen LogP contribution in [0.5, 0.6) is 0 Å². The molecule has 0 aliphatic heterocycles. The lowest BCUT2D eigenvalue weighted by Crippen LogP contribution is -2.32. The second-order valence-corrected chi connectivity index (χ2v) is 4.10. The molecule has 0 radical (unpaired) electrons. The third-order valence-electron chi connectivity index (χ3n) is 2.32. The van der Waals surface area contributed by atoms with Crippen LogP contribution in [0, 0.1) is 10.1 Å². The molecule has 0 fully saturated rings. The van der Waals surface area contributed by atoms with Crippen LogP contribution in [0.1, 0.15) is 0 Å². The molecule has 0 bridgehead atoms. The Hall–Kier alpha value is -1.80. The van der Waals surface area contributed by atoms with Crippen molar-refractivity contribution in [2.75, 3.05) is 33.7 Å². The number of hydrogen-bond acceptors (Lipinski definition) is 6. The summed E-state index contributed by atoms with van der Waals surface area (Å²) in [4.78, 5) is 26.8. The first-order valence-electron chi connectivity index (χ1n) is 5.57. The van der Waals surface area contributed by atoms with Crippen LogP contribution in [0.2, 0.25) is 0 Å². The van der Waals surface area contributed by atoms with Crippen molar-refractivity contribution in [3.63, 3.8) is 0 Å². The minimum absolute atomic E-state index is 0.178. The van der Waals surface area contributed by atoms with Gasteiger partial charge in [-0.15, -0.1) is 0 Å². The summed E-state index contributed by atoms with van der Waals surface area (Å²) in [5.41, 5.74) is -0.655. The van der Waals surface area contributed by atoms with Gasteiger partial charge in [0.1, 0.15) is 6.20 Å². The zero-order chi connectivity index (χ0) is 13.5. The second-order valence-electron chi connectivity index (χ2n) is 4.10. The highest BCUT2D eigenvalue weighted by Crippen LogP contribution is 2.03. The van der Waals surface area contributed by atoms with Crippen molar-refractivity contribution in [1.29, 1.82) is 0 Å². The summed E-state index contributed by atoms with van der Waals surface area (Å²) in [6.45, 7) is 2.61. The lowest BCUT2D eigenvalue weighted by atomic mass is 10.5. The Kier molecular flexibility index (Phi) is 5.40. The van der Waals surface area contributed by atoms with Gasteiger partial charge >= 0.3 is 11.4 Å². The van der Waals surface area contributed by atoms with Gasteiger partial charge in [-0.2, -0.15) is 4.98 Å². The first-order valence-corrected chi connectivity index (χ1v) is 5.57. The van der Waals surface area contributed by atoms with Crippen LogP contribution in [0.15, 0.2) is 17.2 Å². The van der Waals surface area contributed by atoms with Crippen LogP contribution >= 0.6 is 0 Å². The number of hydrogen-bond donors (Lipinski definition) is 1. The van der Waals surface area contributed by atoms with Gasteiger partial charge in [0, 0.05) is 26.2 Å². The highest BCUT2D eigenvalue weighted by atomic mass is 16.6. The van der Waals surface area contributed by atoms with E-state index >= 15 is 0 Å². The fourth-order valence-electron chi connectivity index (χ4n) is 1.33. The molecule has 1 heterocycles. The summed E-state index contributed by atoms with van der Waals surface area (Å²) in [5, 5.41) is 13.7. The van der Waals surface area contributed by atoms with Crippen molar-refractivity contribution in [1.82, 2.24) is 19.8 Å². The average Bonchev–Trinajstić information content (AvgIpc) is 2.30. The van der Waals surface area contributed by atoms with Gasteiger partial charge < -0.3 is 10.2 Å². The standard InChI is InChI=1S/C10H17N5O3/c1-13(2)5-3-11-4-6-14-8-9(15(17)18)7-12-10(14)16/h7-8,11H,3-6H2,1-2H3. The summed E-state index contributed by atoms with van der Waals surface area (Å²) >= 11 is 0. The van der Waals surface area contributed by atoms with Crippen LogP contribution in [0.3, 0.4) is 0 Å². The number of nitro groups is 1. The predicted molar refractivity (Wildman–Crippen MR) is 66.6 cm³/mol. The van der Waals surface area contributed by atoms with E-state index in [1.54, 1.807) is 0 Å². The van der Waals surface area contributed by atoms with E-state index in [0.717, 1.165) is 19.3 Å². The Morgan fingerprint density at radius 1 is 1.50 bits per heavy atom. The van der Waals surface area contributed by atoms with Gasteiger partial charge in [-0.25, -0.2) is 4.79 Å². The molecular formula is C10H17N5O3. The van der Waals surface area contributed by atoms with Crippen LogP contribution in [0.25, 0.3) is 0 Å². The summed E-state index contributed by atoms with van der Waals surface area (Å²) in [6.07, 6.45) is 2.18. The fraction of sp³-hybridized carbons (Fsp3) is 0.600. The van der Waals surface area contributed by atoms with Crippen LogP contribution in [0.4, 0.5) is 5.69 Å². The Labute approximate surface area is 104 Å². The van der Waals surface area contributed by atoms with Gasteiger partial charge in [-0.3, -0.25) is 14.7 Å². The van der Waals surface area contributed by atoms with Crippen LogP contribution < -0.4 is 11.0 Å². The summed E-state index contributed by atoms with van der Waals surface area (Å²) < 4.78 is 1.24. The minimum atomic E-state index is -0.567. The largest absolute Gasteiger partial charge is 0.348 e. The van der Waals surface area contributed by atoms with E-state index in [1.807, 2.05) is 19.0 Å². The maximum atomic E-state index is 11.4.